The van der Waals surface area contributed by atoms with Crippen LogP contribution in [0, 0.1) is 11.6 Å². The van der Waals surface area contributed by atoms with Gasteiger partial charge in [0, 0.05) is 24.7 Å². The van der Waals surface area contributed by atoms with Crippen molar-refractivity contribution in [3.63, 3.8) is 0 Å². The number of halogens is 2. The van der Waals surface area contributed by atoms with E-state index in [-0.39, 0.29) is 0 Å². The third-order valence-electron chi connectivity index (χ3n) is 4.11. The fraction of sp³-hybridized carbons (Fsp3) is 0.222. The van der Waals surface area contributed by atoms with Crippen LogP contribution in [-0.4, -0.2) is 36.3 Å². The molecule has 1 aliphatic rings. The maximum absolute atomic E-state index is 14.0. The molecule has 0 bridgehead atoms. The average Bonchev–Trinajstić information content (AvgIpc) is 2.61. The Balaban J connectivity index is 1.75. The summed E-state index contributed by atoms with van der Waals surface area (Å²) in [6, 6.07) is 8.91. The van der Waals surface area contributed by atoms with Gasteiger partial charge in [-0.2, -0.15) is 0 Å². The first-order valence-electron chi connectivity index (χ1n) is 7.76. The minimum atomic E-state index is -0.591. The smallest absolute Gasteiger partial charge is 0.148 e. The lowest BCUT2D eigenvalue weighted by Gasteiger charge is -2.27. The van der Waals surface area contributed by atoms with Crippen molar-refractivity contribution in [2.75, 3.05) is 31.2 Å². The molecule has 0 spiro atoms. The number of rotatable bonds is 2. The number of morpholine rings is 1. The van der Waals surface area contributed by atoms with Gasteiger partial charge in [0.15, 0.2) is 0 Å². The van der Waals surface area contributed by atoms with Crippen LogP contribution in [0.4, 0.5) is 14.6 Å². The van der Waals surface area contributed by atoms with E-state index in [0.717, 1.165) is 30.5 Å². The van der Waals surface area contributed by atoms with E-state index in [1.807, 2.05) is 0 Å². The SMILES string of the molecule is Fc1ccc(-c2ccc3ncc(N4CCOCC4)nc3c2)c(F)c1. The van der Waals surface area contributed by atoms with Crippen LogP contribution < -0.4 is 4.90 Å². The molecule has 24 heavy (non-hydrogen) atoms. The summed E-state index contributed by atoms with van der Waals surface area (Å²) in [6.45, 7) is 2.88. The fourth-order valence-electron chi connectivity index (χ4n) is 2.84. The molecule has 0 N–H and O–H groups in total. The zero-order valence-electron chi connectivity index (χ0n) is 12.9. The van der Waals surface area contributed by atoms with Crippen molar-refractivity contribution >= 4 is 16.9 Å². The standard InChI is InChI=1S/C18H15F2N3O/c19-13-2-3-14(15(20)10-13)12-1-4-16-17(9-12)22-18(11-21-16)23-5-7-24-8-6-23/h1-4,9-11H,5-8H2. The average molecular weight is 327 g/mol. The van der Waals surface area contributed by atoms with Crippen LogP contribution in [0.3, 0.4) is 0 Å². The van der Waals surface area contributed by atoms with Crippen LogP contribution in [-0.2, 0) is 4.74 Å². The third-order valence-corrected chi connectivity index (χ3v) is 4.11. The van der Waals surface area contributed by atoms with Gasteiger partial charge in [-0.15, -0.1) is 0 Å². The lowest BCUT2D eigenvalue weighted by molar-refractivity contribution is 0.122. The monoisotopic (exact) mass is 327 g/mol. The molecular weight excluding hydrogens is 312 g/mol. The molecular formula is C18H15F2N3O. The second-order valence-electron chi connectivity index (χ2n) is 5.66. The molecule has 0 radical (unpaired) electrons. The Labute approximate surface area is 137 Å². The Morgan fingerprint density at radius 1 is 0.958 bits per heavy atom. The van der Waals surface area contributed by atoms with Gasteiger partial charge in [-0.05, 0) is 29.8 Å². The van der Waals surface area contributed by atoms with Crippen molar-refractivity contribution in [3.8, 4) is 11.1 Å². The van der Waals surface area contributed by atoms with Gasteiger partial charge in [0.05, 0.1) is 30.4 Å². The van der Waals surface area contributed by atoms with Gasteiger partial charge in [-0.3, -0.25) is 4.98 Å². The number of aromatic nitrogens is 2. The number of fused-ring (bicyclic) bond motifs is 1. The van der Waals surface area contributed by atoms with Gasteiger partial charge in [0.2, 0.25) is 0 Å². The highest BCUT2D eigenvalue weighted by atomic mass is 19.1. The van der Waals surface area contributed by atoms with Gasteiger partial charge in [-0.25, -0.2) is 13.8 Å². The Morgan fingerprint density at radius 2 is 1.79 bits per heavy atom. The summed E-state index contributed by atoms with van der Waals surface area (Å²) in [7, 11) is 0. The lowest BCUT2D eigenvalue weighted by Crippen LogP contribution is -2.36. The quantitative estimate of drug-likeness (QED) is 0.723. The molecule has 0 amide bonds. The lowest BCUT2D eigenvalue weighted by atomic mass is 10.0. The van der Waals surface area contributed by atoms with Crippen LogP contribution in [0.1, 0.15) is 0 Å². The molecule has 1 saturated heterocycles. The van der Waals surface area contributed by atoms with Crippen LogP contribution in [0.25, 0.3) is 22.2 Å². The maximum Gasteiger partial charge on any atom is 0.148 e. The number of benzene rings is 2. The number of hydrogen-bond donors (Lipinski definition) is 0. The van der Waals surface area contributed by atoms with Crippen LogP contribution in [0.15, 0.2) is 42.6 Å². The summed E-state index contributed by atoms with van der Waals surface area (Å²) in [5.74, 6) is -0.402. The normalized spacial score (nSPS) is 15.0. The van der Waals surface area contributed by atoms with Crippen LogP contribution >= 0.6 is 0 Å². The van der Waals surface area contributed by atoms with E-state index >= 15 is 0 Å². The number of hydrogen-bond acceptors (Lipinski definition) is 4. The molecule has 0 saturated carbocycles. The zero-order valence-corrected chi connectivity index (χ0v) is 12.9. The predicted molar refractivity (Wildman–Crippen MR) is 87.9 cm³/mol. The van der Waals surface area contributed by atoms with E-state index in [2.05, 4.69) is 14.9 Å². The van der Waals surface area contributed by atoms with E-state index in [4.69, 9.17) is 4.74 Å². The van der Waals surface area contributed by atoms with Crippen molar-refractivity contribution in [1.29, 1.82) is 0 Å². The Hall–Kier alpha value is -2.60. The van der Waals surface area contributed by atoms with Crippen molar-refractivity contribution in [2.24, 2.45) is 0 Å². The first-order chi connectivity index (χ1) is 11.7. The minimum absolute atomic E-state index is 0.344. The van der Waals surface area contributed by atoms with E-state index < -0.39 is 11.6 Å². The second kappa shape index (κ2) is 6.13. The molecule has 0 aliphatic carbocycles. The molecule has 6 heteroatoms. The first-order valence-corrected chi connectivity index (χ1v) is 7.76. The fourth-order valence-corrected chi connectivity index (χ4v) is 2.84. The summed E-state index contributed by atoms with van der Waals surface area (Å²) < 4.78 is 32.5. The van der Waals surface area contributed by atoms with Crippen LogP contribution in [0.2, 0.25) is 0 Å². The maximum atomic E-state index is 14.0. The Morgan fingerprint density at radius 3 is 2.58 bits per heavy atom. The van der Waals surface area contributed by atoms with Gasteiger partial charge < -0.3 is 9.64 Å². The van der Waals surface area contributed by atoms with Crippen molar-refractivity contribution in [1.82, 2.24) is 9.97 Å². The first kappa shape index (κ1) is 15.0. The molecule has 1 aliphatic heterocycles. The summed E-state index contributed by atoms with van der Waals surface area (Å²) in [4.78, 5) is 11.2. The van der Waals surface area contributed by atoms with Crippen LogP contribution in [0.5, 0.6) is 0 Å². The third kappa shape index (κ3) is 2.80. The van der Waals surface area contributed by atoms with Crippen molar-refractivity contribution in [2.45, 2.75) is 0 Å². The molecule has 4 nitrogen and oxygen atoms in total. The molecule has 3 aromatic rings. The zero-order chi connectivity index (χ0) is 16.5. The van der Waals surface area contributed by atoms with E-state index in [1.165, 1.54) is 12.1 Å². The summed E-state index contributed by atoms with van der Waals surface area (Å²) >= 11 is 0. The molecule has 1 fully saturated rings. The molecule has 122 valence electrons. The number of anilines is 1. The molecule has 1 aromatic heterocycles. The number of ether oxygens (including phenoxy) is 1. The highest BCUT2D eigenvalue weighted by Crippen LogP contribution is 2.27. The number of nitrogens with zero attached hydrogens (tertiary/aromatic N) is 3. The van der Waals surface area contributed by atoms with Gasteiger partial charge in [0.25, 0.3) is 0 Å². The minimum Gasteiger partial charge on any atom is -0.378 e. The van der Waals surface area contributed by atoms with E-state index in [9.17, 15) is 8.78 Å². The highest BCUT2D eigenvalue weighted by Gasteiger charge is 2.14. The Bertz CT molecular complexity index is 895. The van der Waals surface area contributed by atoms with Gasteiger partial charge in [0.1, 0.15) is 17.5 Å². The van der Waals surface area contributed by atoms with E-state index in [0.29, 0.717) is 29.9 Å². The summed E-state index contributed by atoms with van der Waals surface area (Å²) in [6.07, 6.45) is 1.74. The predicted octanol–water partition coefficient (Wildman–Crippen LogP) is 3.41. The highest BCUT2D eigenvalue weighted by molar-refractivity contribution is 5.82. The van der Waals surface area contributed by atoms with E-state index in [1.54, 1.807) is 24.4 Å². The molecule has 2 aromatic carbocycles. The molecule has 4 rings (SSSR count). The topological polar surface area (TPSA) is 38.2 Å². The largest absolute Gasteiger partial charge is 0.378 e. The van der Waals surface area contributed by atoms with Gasteiger partial charge >= 0.3 is 0 Å². The summed E-state index contributed by atoms with van der Waals surface area (Å²) in [5, 5.41) is 0. The molecule has 0 unspecified atom stereocenters. The van der Waals surface area contributed by atoms with Gasteiger partial charge in [-0.1, -0.05) is 6.07 Å². The van der Waals surface area contributed by atoms with Crippen molar-refractivity contribution in [3.05, 3.63) is 54.2 Å². The second-order valence-corrected chi connectivity index (χ2v) is 5.66. The molecule has 2 heterocycles. The molecule has 0 atom stereocenters. The Kier molecular flexibility index (Phi) is 3.82. The summed E-state index contributed by atoms with van der Waals surface area (Å²) in [5.41, 5.74) is 2.41. The van der Waals surface area contributed by atoms with Crippen molar-refractivity contribution < 1.29 is 13.5 Å².